The molecule has 0 aromatic carbocycles. The Morgan fingerprint density at radius 3 is 2.74 bits per heavy atom. The molecule has 5 aliphatic rings. The molecule has 5 rings (SSSR count). The molecule has 0 aromatic heterocycles. The molecule has 0 bridgehead atoms. The van der Waals surface area contributed by atoms with Crippen molar-refractivity contribution in [2.75, 3.05) is 6.54 Å². The van der Waals surface area contributed by atoms with Gasteiger partial charge in [-0.05, 0) is 98.4 Å². The largest absolute Gasteiger partial charge is 0.494 e. The SMILES string of the molecule is CCCC(=O)O[C@@H]1CC[C@@]2(C)C(=CC[C@H]3[C@H]4C[C@H]5OC(CC[C@@H](C)CNC(C)=O)=C(C)[C@@H]5[C@@]4(C)CC[C@@H]32)C1. The van der Waals surface area contributed by atoms with E-state index >= 15 is 0 Å². The first-order valence-electron chi connectivity index (χ1n) is 15.6. The first kappa shape index (κ1) is 27.8. The maximum Gasteiger partial charge on any atom is 0.306 e. The van der Waals surface area contributed by atoms with Crippen molar-refractivity contribution in [3.63, 3.8) is 0 Å². The Kier molecular flexibility index (Phi) is 7.79. The highest BCUT2D eigenvalue weighted by molar-refractivity contribution is 5.72. The molecule has 3 fully saturated rings. The van der Waals surface area contributed by atoms with Crippen LogP contribution in [-0.4, -0.2) is 30.6 Å². The summed E-state index contributed by atoms with van der Waals surface area (Å²) >= 11 is 0. The number of nitrogens with one attached hydrogen (secondary N) is 1. The maximum absolute atomic E-state index is 12.1. The van der Waals surface area contributed by atoms with Crippen molar-refractivity contribution in [1.82, 2.24) is 5.32 Å². The highest BCUT2D eigenvalue weighted by Crippen LogP contribution is 2.69. The van der Waals surface area contributed by atoms with Crippen molar-refractivity contribution in [3.05, 3.63) is 23.0 Å². The Labute approximate surface area is 230 Å². The predicted molar refractivity (Wildman–Crippen MR) is 150 cm³/mol. The van der Waals surface area contributed by atoms with Gasteiger partial charge in [-0.15, -0.1) is 0 Å². The van der Waals surface area contributed by atoms with E-state index in [9.17, 15) is 9.59 Å². The third kappa shape index (κ3) is 4.85. The molecule has 1 aliphatic heterocycles. The van der Waals surface area contributed by atoms with E-state index in [2.05, 4.69) is 39.1 Å². The quantitative estimate of drug-likeness (QED) is 0.271. The molecular weight excluding hydrogens is 474 g/mol. The van der Waals surface area contributed by atoms with Gasteiger partial charge in [0.2, 0.25) is 5.91 Å². The zero-order valence-corrected chi connectivity index (χ0v) is 24.7. The second-order valence-corrected chi connectivity index (χ2v) is 14.0. The molecule has 3 saturated carbocycles. The van der Waals surface area contributed by atoms with E-state index in [-0.39, 0.29) is 23.4 Å². The molecule has 212 valence electrons. The highest BCUT2D eigenvalue weighted by atomic mass is 16.5. The molecular formula is C33H51NO4. The number of carbonyl (C=O) groups is 2. The Hall–Kier alpha value is -1.78. The third-order valence-corrected chi connectivity index (χ3v) is 11.6. The monoisotopic (exact) mass is 525 g/mol. The van der Waals surface area contributed by atoms with Gasteiger partial charge in [0.1, 0.15) is 12.2 Å². The normalized spacial score (nSPS) is 40.2. The molecule has 0 aromatic rings. The fraction of sp³-hybridized carbons (Fsp3) is 0.818. The number of rotatable bonds is 8. The van der Waals surface area contributed by atoms with Gasteiger partial charge in [0.25, 0.3) is 0 Å². The summed E-state index contributed by atoms with van der Waals surface area (Å²) in [5, 5.41) is 2.96. The van der Waals surface area contributed by atoms with E-state index in [1.165, 1.54) is 37.0 Å². The first-order valence-corrected chi connectivity index (χ1v) is 15.6. The Bertz CT molecular complexity index is 999. The van der Waals surface area contributed by atoms with Crippen molar-refractivity contribution in [2.24, 2.45) is 40.4 Å². The van der Waals surface area contributed by atoms with Crippen LogP contribution in [0.15, 0.2) is 23.0 Å². The summed E-state index contributed by atoms with van der Waals surface area (Å²) in [5.74, 6) is 4.49. The van der Waals surface area contributed by atoms with Crippen molar-refractivity contribution in [2.45, 2.75) is 124 Å². The lowest BCUT2D eigenvalue weighted by atomic mass is 9.47. The molecule has 9 atom stereocenters. The summed E-state index contributed by atoms with van der Waals surface area (Å²) in [4.78, 5) is 23.4. The number of ether oxygens (including phenoxy) is 2. The van der Waals surface area contributed by atoms with Crippen molar-refractivity contribution in [3.8, 4) is 0 Å². The van der Waals surface area contributed by atoms with E-state index in [0.717, 1.165) is 62.8 Å². The van der Waals surface area contributed by atoms with E-state index in [0.29, 0.717) is 29.8 Å². The van der Waals surface area contributed by atoms with Gasteiger partial charge in [0.15, 0.2) is 0 Å². The smallest absolute Gasteiger partial charge is 0.306 e. The van der Waals surface area contributed by atoms with Crippen LogP contribution in [0.4, 0.5) is 0 Å². The maximum atomic E-state index is 12.1. The van der Waals surface area contributed by atoms with E-state index < -0.39 is 0 Å². The van der Waals surface area contributed by atoms with Gasteiger partial charge in [-0.3, -0.25) is 9.59 Å². The lowest BCUT2D eigenvalue weighted by Gasteiger charge is -2.58. The molecule has 0 radical (unpaired) electrons. The van der Waals surface area contributed by atoms with Crippen LogP contribution in [0.3, 0.4) is 0 Å². The predicted octanol–water partition coefficient (Wildman–Crippen LogP) is 7.11. The third-order valence-electron chi connectivity index (χ3n) is 11.6. The van der Waals surface area contributed by atoms with Gasteiger partial charge in [-0.2, -0.15) is 0 Å². The minimum Gasteiger partial charge on any atom is -0.494 e. The van der Waals surface area contributed by atoms with Gasteiger partial charge in [0, 0.05) is 38.6 Å². The van der Waals surface area contributed by atoms with Crippen LogP contribution in [-0.2, 0) is 19.1 Å². The molecule has 0 unspecified atom stereocenters. The number of esters is 1. The number of hydrogen-bond acceptors (Lipinski definition) is 4. The van der Waals surface area contributed by atoms with Crippen LogP contribution in [0.1, 0.15) is 112 Å². The minimum atomic E-state index is -0.0219. The number of hydrogen-bond donors (Lipinski definition) is 1. The molecule has 4 aliphatic carbocycles. The topological polar surface area (TPSA) is 64.6 Å². The average molecular weight is 526 g/mol. The van der Waals surface area contributed by atoms with Crippen LogP contribution in [0.5, 0.6) is 0 Å². The van der Waals surface area contributed by atoms with Gasteiger partial charge in [-0.1, -0.05) is 39.3 Å². The summed E-state index contributed by atoms with van der Waals surface area (Å²) in [6.45, 7) is 14.0. The molecule has 5 heteroatoms. The summed E-state index contributed by atoms with van der Waals surface area (Å²) in [6, 6.07) is 0. The standard InChI is InChI=1S/C33H51NO4/c1-7-8-30(36)37-24-13-15-32(5)23(17-24)10-11-25-26(32)14-16-33(6)27(25)18-29-31(33)21(3)28(38-29)12-9-20(2)19-34-22(4)35/h10,20,24-27,29,31H,7-9,11-19H2,1-6H3,(H,34,35)/t20-,24-,25-,26+,27-,29-,31+,32+,33+/m1/s1. The molecule has 1 N–H and O–H groups in total. The van der Waals surface area contributed by atoms with Gasteiger partial charge in [-0.25, -0.2) is 0 Å². The van der Waals surface area contributed by atoms with Crippen molar-refractivity contribution in [1.29, 1.82) is 0 Å². The Morgan fingerprint density at radius 1 is 1.21 bits per heavy atom. The highest BCUT2D eigenvalue weighted by Gasteiger charge is 2.63. The van der Waals surface area contributed by atoms with Gasteiger partial charge < -0.3 is 14.8 Å². The van der Waals surface area contributed by atoms with E-state index in [1.54, 1.807) is 12.5 Å². The second-order valence-electron chi connectivity index (χ2n) is 14.0. The average Bonchev–Trinajstić information content (AvgIpc) is 3.34. The summed E-state index contributed by atoms with van der Waals surface area (Å²) in [5.41, 5.74) is 3.67. The zero-order chi connectivity index (χ0) is 27.2. The summed E-state index contributed by atoms with van der Waals surface area (Å²) in [7, 11) is 0. The van der Waals surface area contributed by atoms with E-state index in [1.807, 2.05) is 6.92 Å². The fourth-order valence-corrected chi connectivity index (χ4v) is 9.56. The van der Waals surface area contributed by atoms with Crippen LogP contribution in [0, 0.1) is 40.4 Å². The fourth-order valence-electron chi connectivity index (χ4n) is 9.56. The summed E-state index contributed by atoms with van der Waals surface area (Å²) < 4.78 is 12.6. The molecule has 0 spiro atoms. The van der Waals surface area contributed by atoms with Crippen LogP contribution >= 0.6 is 0 Å². The summed E-state index contributed by atoms with van der Waals surface area (Å²) in [6.07, 6.45) is 14.5. The first-order chi connectivity index (χ1) is 18.1. The number of carbonyl (C=O) groups excluding carboxylic acids is 2. The van der Waals surface area contributed by atoms with Gasteiger partial charge in [0.05, 0.1) is 5.76 Å². The number of fused-ring (bicyclic) bond motifs is 7. The van der Waals surface area contributed by atoms with Crippen molar-refractivity contribution >= 4 is 11.9 Å². The number of amides is 1. The number of allylic oxidation sites excluding steroid dienone is 2. The van der Waals surface area contributed by atoms with E-state index in [4.69, 9.17) is 9.47 Å². The molecule has 1 amide bonds. The molecule has 38 heavy (non-hydrogen) atoms. The Morgan fingerprint density at radius 2 is 2.00 bits per heavy atom. The lowest BCUT2D eigenvalue weighted by molar-refractivity contribution is -0.151. The van der Waals surface area contributed by atoms with Crippen LogP contribution in [0.2, 0.25) is 0 Å². The molecule has 0 saturated heterocycles. The van der Waals surface area contributed by atoms with Crippen LogP contribution in [0.25, 0.3) is 0 Å². The van der Waals surface area contributed by atoms with Crippen molar-refractivity contribution < 1.29 is 19.1 Å². The minimum absolute atomic E-state index is 0.0219. The zero-order valence-electron chi connectivity index (χ0n) is 24.7. The molecule has 5 nitrogen and oxygen atoms in total. The molecule has 1 heterocycles. The second kappa shape index (κ2) is 10.7. The van der Waals surface area contributed by atoms with Crippen LogP contribution < -0.4 is 5.32 Å². The van der Waals surface area contributed by atoms with Gasteiger partial charge >= 0.3 is 5.97 Å². The lowest BCUT2D eigenvalue weighted by Crippen LogP contribution is -2.50. The Balaban J connectivity index is 1.26.